The maximum Gasteiger partial charge on any atom is 0.339 e. The van der Waals surface area contributed by atoms with Crippen LogP contribution in [0.3, 0.4) is 0 Å². The van der Waals surface area contributed by atoms with Crippen LogP contribution in [0.5, 0.6) is 69.0 Å². The van der Waals surface area contributed by atoms with Gasteiger partial charge in [-0.15, -0.1) is 0 Å². The molecule has 0 radical (unpaired) electrons. The molecule has 10 rings (SSSR count). The molecule has 0 N–H and O–H groups in total. The predicted molar refractivity (Wildman–Crippen MR) is 477 cm³/mol. The van der Waals surface area contributed by atoms with E-state index >= 15 is 0 Å². The van der Waals surface area contributed by atoms with Crippen molar-refractivity contribution in [3.63, 3.8) is 0 Å². The highest BCUT2D eigenvalue weighted by Crippen LogP contribution is 2.48. The lowest BCUT2D eigenvalue weighted by molar-refractivity contribution is -0.131. The summed E-state index contributed by atoms with van der Waals surface area (Å²) in [4.78, 5) is 85.8. The zero-order valence-electron chi connectivity index (χ0n) is 72.0. The zero-order chi connectivity index (χ0) is 88.7. The summed E-state index contributed by atoms with van der Waals surface area (Å²) in [5.74, 6) is -3.81. The first-order valence-electron chi connectivity index (χ1n) is 42.5. The van der Waals surface area contributed by atoms with Crippen molar-refractivity contribution >= 4 is 68.1 Å². The van der Waals surface area contributed by atoms with Crippen molar-refractivity contribution in [3.8, 4) is 69.0 Å². The van der Waals surface area contributed by atoms with Crippen molar-refractivity contribution in [1.29, 1.82) is 0 Å². The third-order valence-electron chi connectivity index (χ3n) is 18.8. The van der Waals surface area contributed by atoms with Gasteiger partial charge < -0.3 is 85.3 Å². The van der Waals surface area contributed by atoms with Crippen LogP contribution in [0.15, 0.2) is 256 Å². The Balaban J connectivity index is 1.08. The van der Waals surface area contributed by atoms with E-state index in [1.165, 1.54) is 36.4 Å². The monoisotopic (exact) mass is 1720 g/mol. The number of hydrogen-bond donors (Lipinski definition) is 0. The van der Waals surface area contributed by atoms with Gasteiger partial charge in [-0.25, -0.2) is 28.8 Å². The van der Waals surface area contributed by atoms with Crippen LogP contribution in [0.2, 0.25) is 0 Å². The summed E-state index contributed by atoms with van der Waals surface area (Å²) < 4.78 is 107. The molecule has 0 aromatic heterocycles. The second kappa shape index (κ2) is 52.3. The summed E-state index contributed by atoms with van der Waals surface area (Å²) in [6.45, 7) is 16.2. The van der Waals surface area contributed by atoms with Gasteiger partial charge in [0.25, 0.3) is 0 Å². The number of benzene rings is 10. The minimum absolute atomic E-state index is 0.0550. The van der Waals surface area contributed by atoms with E-state index in [-0.39, 0.29) is 106 Å². The average molecular weight is 1720 g/mol. The Morgan fingerprint density at radius 1 is 0.206 bits per heavy atom. The van der Waals surface area contributed by atoms with Gasteiger partial charge in [0.15, 0.2) is 34.5 Å². The van der Waals surface area contributed by atoms with Crippen LogP contribution >= 0.6 is 0 Å². The molecule has 24 heteroatoms. The molecular weight excluding hydrogens is 1610 g/mol. The molecule has 10 aromatic rings. The van der Waals surface area contributed by atoms with E-state index in [4.69, 9.17) is 85.3 Å². The van der Waals surface area contributed by atoms with Crippen LogP contribution in [0.25, 0.3) is 32.3 Å². The van der Waals surface area contributed by atoms with Gasteiger partial charge in [0.1, 0.15) is 74.1 Å². The summed E-state index contributed by atoms with van der Waals surface area (Å²) in [6.07, 6.45) is 24.4. The normalized spacial score (nSPS) is 11.4. The van der Waals surface area contributed by atoms with Crippen molar-refractivity contribution < 1.29 is 114 Å². The highest BCUT2D eigenvalue weighted by molar-refractivity contribution is 6.27. The highest BCUT2D eigenvalue weighted by Gasteiger charge is 2.25. The van der Waals surface area contributed by atoms with E-state index in [1.807, 2.05) is 146 Å². The van der Waals surface area contributed by atoms with Crippen LogP contribution in [0, 0.1) is 0 Å². The summed E-state index contributed by atoms with van der Waals surface area (Å²) in [5.41, 5.74) is 4.61. The van der Waals surface area contributed by atoms with Gasteiger partial charge in [-0.3, -0.25) is 0 Å². The summed E-state index contributed by atoms with van der Waals surface area (Å²) >= 11 is 0. The van der Waals surface area contributed by atoms with Crippen LogP contribution in [-0.2, 0) is 96.8 Å². The van der Waals surface area contributed by atoms with E-state index in [9.17, 15) is 28.8 Å². The first-order valence-corrected chi connectivity index (χ1v) is 42.5. The Kier molecular flexibility index (Phi) is 39.1. The first kappa shape index (κ1) is 94.1. The summed E-state index contributed by atoms with van der Waals surface area (Å²) in [6, 6.07) is 52.2. The molecular formula is C102H108O24. The smallest absolute Gasteiger partial charge is 0.339 e. The SMILES string of the molecule is CCCCOc1ccc(COC=CC(=O)Oc2cc3c4cc(OC(=O)C=COCc5ccc(OCCCC)cc5)c(OC(=O)C=COCc5ccc(OCCCC)cc5)cc4c4cc(OC(=O)C=COCc5ccc(OCCCC)cc5)c(OC(=O)C=COCc5ccc(OCCCC)cc5)cc4c3cc2OC(=O)C=COCc2ccc(OCCCC)cc2)cc1. The van der Waals surface area contributed by atoms with E-state index in [1.54, 1.807) is 0 Å². The Bertz CT molecular complexity index is 4440. The van der Waals surface area contributed by atoms with Gasteiger partial charge in [0, 0.05) is 0 Å². The maximum atomic E-state index is 14.3. The molecule has 660 valence electrons. The fourth-order valence-corrected chi connectivity index (χ4v) is 11.9. The molecule has 0 heterocycles. The number of ether oxygens (including phenoxy) is 18. The maximum absolute atomic E-state index is 14.3. The molecule has 0 unspecified atom stereocenters. The Morgan fingerprint density at radius 2 is 0.341 bits per heavy atom. The number of carbonyl (C=O) groups excluding carboxylic acids is 6. The standard InChI is InChI=1S/C102H108O24/c1-7-13-49-115-79-31-19-73(20-32-79)67-109-55-43-97(103)121-91-61-85-86(62-92(91)122-98(104)44-56-110-68-74-21-33-80(34-22-74)116-50-14-8-2)88-64-94(124-100(106)46-58-112-70-76-25-37-82(38-26-76)118-52-16-10-4)96(126-102(108)48-60-114-72-78-29-41-84(42-30-78)120-54-18-12-6)66-90(88)89-65-95(125-101(107)47-59-113-71-77-27-39-83(40-28-77)119-53-17-11-5)93(63-87(85)89)123-99(105)45-57-111-69-75-23-35-81(36-24-75)117-51-15-9-3/h19-48,55-66H,7-18,49-54,67-72H2,1-6H3. The van der Waals surface area contributed by atoms with E-state index in [0.717, 1.165) is 184 Å². The number of rotatable bonds is 54. The number of fused-ring (bicyclic) bond motifs is 6. The largest absolute Gasteiger partial charge is 0.496 e. The lowest BCUT2D eigenvalue weighted by Gasteiger charge is -2.18. The van der Waals surface area contributed by atoms with E-state index in [2.05, 4.69) is 41.5 Å². The molecule has 0 amide bonds. The number of esters is 6. The Labute approximate surface area is 734 Å². The summed E-state index contributed by atoms with van der Waals surface area (Å²) in [7, 11) is 0. The lowest BCUT2D eigenvalue weighted by atomic mass is 9.93. The van der Waals surface area contributed by atoms with Gasteiger partial charge in [0.2, 0.25) is 0 Å². The minimum Gasteiger partial charge on any atom is -0.496 e. The molecule has 24 nitrogen and oxygen atoms in total. The van der Waals surface area contributed by atoms with Crippen molar-refractivity contribution in [2.24, 2.45) is 0 Å². The molecule has 0 fully saturated rings. The van der Waals surface area contributed by atoms with E-state index < -0.39 is 35.8 Å². The highest BCUT2D eigenvalue weighted by atomic mass is 16.6. The fourth-order valence-electron chi connectivity index (χ4n) is 11.9. The van der Waals surface area contributed by atoms with Crippen molar-refractivity contribution in [3.05, 3.63) is 289 Å². The molecule has 0 spiro atoms. The molecule has 10 aromatic carbocycles. The summed E-state index contributed by atoms with van der Waals surface area (Å²) in [5, 5.41) is 1.10. The van der Waals surface area contributed by atoms with Gasteiger partial charge in [0.05, 0.1) is 114 Å². The van der Waals surface area contributed by atoms with Gasteiger partial charge in [-0.05, 0) is 213 Å². The van der Waals surface area contributed by atoms with Gasteiger partial charge in [-0.1, -0.05) is 153 Å². The Morgan fingerprint density at radius 3 is 0.468 bits per heavy atom. The zero-order valence-corrected chi connectivity index (χ0v) is 72.0. The molecule has 0 saturated heterocycles. The second-order valence-electron chi connectivity index (χ2n) is 28.8. The quantitative estimate of drug-likeness (QED) is 0.00856. The van der Waals surface area contributed by atoms with Crippen LogP contribution in [0.1, 0.15) is 152 Å². The van der Waals surface area contributed by atoms with Gasteiger partial charge in [-0.2, -0.15) is 0 Å². The average Bonchev–Trinajstić information content (AvgIpc) is 0.722. The molecule has 0 aliphatic rings. The second-order valence-corrected chi connectivity index (χ2v) is 28.8. The van der Waals surface area contributed by atoms with Gasteiger partial charge >= 0.3 is 35.8 Å². The van der Waals surface area contributed by atoms with Crippen LogP contribution in [0.4, 0.5) is 0 Å². The van der Waals surface area contributed by atoms with Crippen LogP contribution < -0.4 is 56.8 Å². The number of carbonyl (C=O) groups is 6. The fraction of sp³-hybridized carbons (Fsp3) is 0.294. The topological polar surface area (TPSA) is 269 Å². The van der Waals surface area contributed by atoms with E-state index in [0.29, 0.717) is 74.1 Å². The van der Waals surface area contributed by atoms with Crippen LogP contribution in [-0.4, -0.2) is 75.5 Å². The molecule has 0 saturated carbocycles. The van der Waals surface area contributed by atoms with Crippen molar-refractivity contribution in [2.75, 3.05) is 39.6 Å². The predicted octanol–water partition coefficient (Wildman–Crippen LogP) is 22.0. The number of unbranched alkanes of at least 4 members (excludes halogenated alkanes) is 6. The lowest BCUT2D eigenvalue weighted by Crippen LogP contribution is -2.10. The molecule has 0 bridgehead atoms. The minimum atomic E-state index is -0.991. The van der Waals surface area contributed by atoms with Crippen molar-refractivity contribution in [2.45, 2.75) is 158 Å². The first-order chi connectivity index (χ1) is 61.7. The Hall–Kier alpha value is -14.2. The molecule has 0 aliphatic carbocycles. The van der Waals surface area contributed by atoms with Crippen molar-refractivity contribution in [1.82, 2.24) is 0 Å². The third-order valence-corrected chi connectivity index (χ3v) is 18.8. The third kappa shape index (κ3) is 31.9. The molecule has 126 heavy (non-hydrogen) atoms. The molecule has 0 aliphatic heterocycles. The number of hydrogen-bond acceptors (Lipinski definition) is 24. The molecule has 0 atom stereocenters.